The molecule has 1 aromatic carbocycles. The monoisotopic (exact) mass is 512 g/mol. The second kappa shape index (κ2) is 10.1. The summed E-state index contributed by atoms with van der Waals surface area (Å²) in [6.07, 6.45) is 2.96. The van der Waals surface area contributed by atoms with E-state index in [0.29, 0.717) is 40.8 Å². The summed E-state index contributed by atoms with van der Waals surface area (Å²) in [5.41, 5.74) is -0.551. The van der Waals surface area contributed by atoms with Crippen molar-refractivity contribution in [1.82, 2.24) is 0 Å². The summed E-state index contributed by atoms with van der Waals surface area (Å²) in [5.74, 6) is 0.290. The molecule has 2 bridgehead atoms. The van der Waals surface area contributed by atoms with Gasteiger partial charge in [-0.3, -0.25) is 0 Å². The molecule has 4 atom stereocenters. The number of carbonyl (C=O) groups excluding carboxylic acids is 1. The number of fused-ring (bicyclic) bond motifs is 2. The molecular formula is C28H34NO4S2+. The van der Waals surface area contributed by atoms with Crippen LogP contribution < -0.4 is 0 Å². The van der Waals surface area contributed by atoms with Gasteiger partial charge < -0.3 is 19.1 Å². The fourth-order valence-corrected chi connectivity index (χ4v) is 7.90. The van der Waals surface area contributed by atoms with Gasteiger partial charge in [0.25, 0.3) is 0 Å². The molecule has 2 heterocycles. The summed E-state index contributed by atoms with van der Waals surface area (Å²) >= 11 is 2.77. The molecule has 0 radical (unpaired) electrons. The van der Waals surface area contributed by atoms with Gasteiger partial charge in [0.05, 0.1) is 43.1 Å². The van der Waals surface area contributed by atoms with Crippen molar-refractivity contribution in [1.29, 1.82) is 0 Å². The Morgan fingerprint density at radius 2 is 1.71 bits per heavy atom. The van der Waals surface area contributed by atoms with Crippen LogP contribution in [-0.2, 0) is 26.5 Å². The van der Waals surface area contributed by atoms with Crippen molar-refractivity contribution in [2.75, 3.05) is 27.2 Å². The molecule has 0 amide bonds. The van der Waals surface area contributed by atoms with Gasteiger partial charge in [0.15, 0.2) is 0 Å². The van der Waals surface area contributed by atoms with Crippen LogP contribution in [0.25, 0.3) is 0 Å². The summed E-state index contributed by atoms with van der Waals surface area (Å²) in [4.78, 5) is 14.7. The molecule has 2 unspecified atom stereocenters. The first-order valence-corrected chi connectivity index (χ1v) is 14.1. The lowest BCUT2D eigenvalue weighted by atomic mass is 9.96. The zero-order valence-electron chi connectivity index (χ0n) is 20.3. The summed E-state index contributed by atoms with van der Waals surface area (Å²) in [7, 11) is 4.55. The first kappa shape index (κ1) is 24.7. The summed E-state index contributed by atoms with van der Waals surface area (Å²) in [5, 5.41) is 15.4. The van der Waals surface area contributed by atoms with Crippen LogP contribution >= 0.6 is 22.7 Å². The molecule has 1 N–H and O–H groups in total. The van der Waals surface area contributed by atoms with Gasteiger partial charge in [0, 0.05) is 11.8 Å². The molecule has 5 nitrogen and oxygen atoms in total. The van der Waals surface area contributed by atoms with E-state index in [4.69, 9.17) is 9.47 Å². The van der Waals surface area contributed by atoms with Crippen molar-refractivity contribution in [3.05, 3.63) is 80.7 Å². The lowest BCUT2D eigenvalue weighted by Crippen LogP contribution is -2.53. The number of rotatable bonds is 10. The van der Waals surface area contributed by atoms with Gasteiger partial charge in [-0.2, -0.15) is 0 Å². The van der Waals surface area contributed by atoms with E-state index in [9.17, 15) is 9.90 Å². The summed E-state index contributed by atoms with van der Waals surface area (Å²) in [6, 6.07) is 18.0. The van der Waals surface area contributed by atoms with E-state index >= 15 is 0 Å². The maximum atomic E-state index is 13.5. The molecule has 186 valence electrons. The van der Waals surface area contributed by atoms with Crippen LogP contribution in [0.15, 0.2) is 65.4 Å². The topological polar surface area (TPSA) is 55.8 Å². The minimum absolute atomic E-state index is 0.152. The quantitative estimate of drug-likeness (QED) is 0.235. The first-order chi connectivity index (χ1) is 16.9. The van der Waals surface area contributed by atoms with Crippen molar-refractivity contribution in [3.8, 4) is 0 Å². The SMILES string of the molecule is C[N+](C)(CCOCc1ccccc1)C1C2CC[C@@H]1[C@H](OC(=O)C(O)(c1cccs1)c1cccs1)C2. The maximum absolute atomic E-state index is 13.5. The maximum Gasteiger partial charge on any atom is 0.349 e. The van der Waals surface area contributed by atoms with E-state index in [0.717, 1.165) is 23.9 Å². The standard InChI is InChI=1S/C28H34NO4S2/c1-29(2,14-15-32-19-20-8-4-3-5-9-20)26-21-12-13-22(26)23(18-21)33-27(30)28(31,24-10-6-16-34-24)25-11-7-17-35-25/h3-11,16-17,21-23,26,31H,12-15,18-19H2,1-2H3/q+1/t21?,22-,23-,26?/m1/s1. The van der Waals surface area contributed by atoms with Gasteiger partial charge >= 0.3 is 5.97 Å². The number of hydrogen-bond donors (Lipinski definition) is 1. The molecule has 2 aliphatic carbocycles. The predicted molar refractivity (Wildman–Crippen MR) is 139 cm³/mol. The number of hydrogen-bond acceptors (Lipinski definition) is 6. The van der Waals surface area contributed by atoms with Crippen LogP contribution in [0, 0.1) is 11.8 Å². The largest absolute Gasteiger partial charge is 0.459 e. The van der Waals surface area contributed by atoms with Crippen LogP contribution in [0.3, 0.4) is 0 Å². The molecule has 2 saturated carbocycles. The smallest absolute Gasteiger partial charge is 0.349 e. The Balaban J connectivity index is 1.23. The molecule has 35 heavy (non-hydrogen) atoms. The van der Waals surface area contributed by atoms with Crippen molar-refractivity contribution < 1.29 is 23.9 Å². The highest BCUT2D eigenvalue weighted by Crippen LogP contribution is 2.51. The van der Waals surface area contributed by atoms with Gasteiger partial charge in [-0.1, -0.05) is 42.5 Å². The average molecular weight is 513 g/mol. The minimum atomic E-state index is -1.74. The van der Waals surface area contributed by atoms with Crippen LogP contribution in [0.5, 0.6) is 0 Å². The Morgan fingerprint density at radius 3 is 2.34 bits per heavy atom. The number of esters is 1. The molecular weight excluding hydrogens is 478 g/mol. The van der Waals surface area contributed by atoms with E-state index in [1.54, 1.807) is 0 Å². The van der Waals surface area contributed by atoms with Crippen molar-refractivity contribution in [3.63, 3.8) is 0 Å². The number of quaternary nitrogens is 1. The number of carbonyl (C=O) groups is 1. The van der Waals surface area contributed by atoms with Crippen LogP contribution in [0.1, 0.15) is 34.6 Å². The third-order valence-electron chi connectivity index (χ3n) is 7.84. The molecule has 2 aliphatic rings. The average Bonchev–Trinajstić information content (AvgIpc) is 3.66. The molecule has 7 heteroatoms. The normalized spacial score (nSPS) is 24.1. The Hall–Kier alpha value is -2.03. The fourth-order valence-electron chi connectivity index (χ4n) is 6.19. The molecule has 2 aromatic heterocycles. The third kappa shape index (κ3) is 4.85. The van der Waals surface area contributed by atoms with Crippen LogP contribution in [0.4, 0.5) is 0 Å². The molecule has 2 fully saturated rings. The Morgan fingerprint density at radius 1 is 1.03 bits per heavy atom. The second-order valence-corrected chi connectivity index (χ2v) is 12.3. The van der Waals surface area contributed by atoms with Gasteiger partial charge in [0.2, 0.25) is 5.60 Å². The molecule has 5 rings (SSSR count). The van der Waals surface area contributed by atoms with Crippen LogP contribution in [0.2, 0.25) is 0 Å². The lowest BCUT2D eigenvalue weighted by molar-refractivity contribution is -0.920. The zero-order chi connectivity index (χ0) is 24.5. The lowest BCUT2D eigenvalue weighted by Gasteiger charge is -2.39. The minimum Gasteiger partial charge on any atom is -0.459 e. The van der Waals surface area contributed by atoms with Crippen molar-refractivity contribution >= 4 is 28.6 Å². The second-order valence-electron chi connectivity index (χ2n) is 10.4. The van der Waals surface area contributed by atoms with Crippen molar-refractivity contribution in [2.45, 2.75) is 43.6 Å². The van der Waals surface area contributed by atoms with Crippen LogP contribution in [-0.4, -0.2) is 55.0 Å². The molecule has 0 spiro atoms. The summed E-state index contributed by atoms with van der Waals surface area (Å²) < 4.78 is 13.0. The highest BCUT2D eigenvalue weighted by molar-refractivity contribution is 7.12. The van der Waals surface area contributed by atoms with Crippen molar-refractivity contribution in [2.24, 2.45) is 11.8 Å². The van der Waals surface area contributed by atoms with Gasteiger partial charge in [0.1, 0.15) is 12.6 Å². The number of benzene rings is 1. The fraction of sp³-hybridized carbons (Fsp3) is 0.464. The highest BCUT2D eigenvalue weighted by atomic mass is 32.1. The Labute approximate surface area is 215 Å². The van der Waals surface area contributed by atoms with E-state index < -0.39 is 11.6 Å². The van der Waals surface area contributed by atoms with E-state index in [1.807, 2.05) is 53.2 Å². The van der Waals surface area contributed by atoms with E-state index in [2.05, 4.69) is 26.2 Å². The first-order valence-electron chi connectivity index (χ1n) is 12.4. The van der Waals surface area contributed by atoms with Gasteiger partial charge in [-0.25, -0.2) is 4.79 Å². The Bertz CT molecular complexity index is 1060. The molecule has 0 saturated heterocycles. The van der Waals surface area contributed by atoms with E-state index in [-0.39, 0.29) is 6.10 Å². The number of likely N-dealkylation sites (N-methyl/N-ethyl adjacent to an activating group) is 1. The van der Waals surface area contributed by atoms with Gasteiger partial charge in [-0.15, -0.1) is 22.7 Å². The van der Waals surface area contributed by atoms with E-state index in [1.165, 1.54) is 34.7 Å². The highest BCUT2D eigenvalue weighted by Gasteiger charge is 2.58. The predicted octanol–water partition coefficient (Wildman–Crippen LogP) is 5.05. The Kier molecular flexibility index (Phi) is 7.15. The molecule has 3 aromatic rings. The van der Waals surface area contributed by atoms with Gasteiger partial charge in [-0.05, 0) is 47.7 Å². The third-order valence-corrected chi connectivity index (χ3v) is 9.80. The number of aliphatic hydroxyl groups is 1. The number of nitrogens with zero attached hydrogens (tertiary/aromatic N) is 1. The molecule has 0 aliphatic heterocycles. The zero-order valence-corrected chi connectivity index (χ0v) is 22.0. The summed E-state index contributed by atoms with van der Waals surface area (Å²) in [6.45, 7) is 2.24. The number of thiophene rings is 2. The number of ether oxygens (including phenoxy) is 2.